The summed E-state index contributed by atoms with van der Waals surface area (Å²) in [5.41, 5.74) is 0. The lowest BCUT2D eigenvalue weighted by atomic mass is 10.1. The Balaban J connectivity index is 2.33. The second-order valence-corrected chi connectivity index (χ2v) is 7.29. The molecule has 1 atom stereocenters. The smallest absolute Gasteiger partial charge is 0.407 e. The van der Waals surface area contributed by atoms with Crippen LogP contribution < -0.4 is 21.3 Å². The van der Waals surface area contributed by atoms with Crippen molar-refractivity contribution in [2.45, 2.75) is 45.1 Å². The number of unbranched alkanes of at least 4 members (excludes halogenated alkanes) is 1. The Morgan fingerprint density at radius 3 is 2.26 bits per heavy atom. The van der Waals surface area contributed by atoms with Crippen molar-refractivity contribution in [3.63, 3.8) is 0 Å². The molecule has 0 bridgehead atoms. The van der Waals surface area contributed by atoms with Gasteiger partial charge in [-0.25, -0.2) is 4.79 Å². The van der Waals surface area contributed by atoms with Gasteiger partial charge in [-0.3, -0.25) is 28.9 Å². The van der Waals surface area contributed by atoms with E-state index in [1.165, 1.54) is 0 Å². The fourth-order valence-corrected chi connectivity index (χ4v) is 2.95. The summed E-state index contributed by atoms with van der Waals surface area (Å²) in [5.74, 6) is -2.23. The van der Waals surface area contributed by atoms with Crippen LogP contribution in [0.25, 0.3) is 0 Å². The molecule has 1 unspecified atom stereocenters. The minimum atomic E-state index is -0.836. The number of amides is 6. The molecule has 0 aromatic heterocycles. The molecular formula is C21H33N5O8. The van der Waals surface area contributed by atoms with Crippen molar-refractivity contribution in [2.24, 2.45) is 0 Å². The molecule has 6 amide bonds. The van der Waals surface area contributed by atoms with Gasteiger partial charge in [-0.1, -0.05) is 0 Å². The topological polar surface area (TPSA) is 183 Å². The number of aliphatic hydroxyl groups excluding tert-OH is 1. The molecule has 0 saturated carbocycles. The van der Waals surface area contributed by atoms with Gasteiger partial charge in [0.25, 0.3) is 11.8 Å². The maximum atomic E-state index is 12.5. The zero-order valence-electron chi connectivity index (χ0n) is 19.3. The zero-order valence-corrected chi connectivity index (χ0v) is 19.3. The van der Waals surface area contributed by atoms with Gasteiger partial charge in [-0.2, -0.15) is 0 Å². The average molecular weight is 484 g/mol. The SMILES string of the molecule is CCOC(=O)NCCCCC(NC(=O)CCO)C(=O)NCCNC(=O)CCN1C(=O)C=CC1=O. The molecule has 0 aromatic carbocycles. The normalized spacial score (nSPS) is 13.4. The number of rotatable bonds is 16. The number of hydrogen-bond donors (Lipinski definition) is 5. The van der Waals surface area contributed by atoms with Crippen LogP contribution in [0.2, 0.25) is 0 Å². The van der Waals surface area contributed by atoms with Gasteiger partial charge in [0.1, 0.15) is 6.04 Å². The van der Waals surface area contributed by atoms with Crippen molar-refractivity contribution >= 4 is 35.6 Å². The van der Waals surface area contributed by atoms with Crippen molar-refractivity contribution in [3.8, 4) is 0 Å². The number of imide groups is 1. The third-order valence-electron chi connectivity index (χ3n) is 4.66. The van der Waals surface area contributed by atoms with E-state index in [1.807, 2.05) is 0 Å². The van der Waals surface area contributed by atoms with Crippen LogP contribution in [-0.2, 0) is 28.7 Å². The lowest BCUT2D eigenvalue weighted by molar-refractivity contribution is -0.137. The number of aliphatic hydroxyl groups is 1. The van der Waals surface area contributed by atoms with E-state index in [0.29, 0.717) is 25.8 Å². The minimum Gasteiger partial charge on any atom is -0.450 e. The van der Waals surface area contributed by atoms with Crippen LogP contribution in [-0.4, -0.2) is 91.1 Å². The molecule has 190 valence electrons. The number of ether oxygens (including phenoxy) is 1. The Labute approximate surface area is 197 Å². The number of carbonyl (C=O) groups is 6. The van der Waals surface area contributed by atoms with Crippen LogP contribution in [0, 0.1) is 0 Å². The van der Waals surface area contributed by atoms with Gasteiger partial charge in [-0.05, 0) is 26.2 Å². The summed E-state index contributed by atoms with van der Waals surface area (Å²) in [6.07, 6.45) is 2.96. The van der Waals surface area contributed by atoms with E-state index in [2.05, 4.69) is 21.3 Å². The summed E-state index contributed by atoms with van der Waals surface area (Å²) in [5, 5.41) is 19.2. The van der Waals surface area contributed by atoms with Crippen molar-refractivity contribution in [2.75, 3.05) is 39.4 Å². The summed E-state index contributed by atoms with van der Waals surface area (Å²) in [4.78, 5) is 71.3. The van der Waals surface area contributed by atoms with Gasteiger partial charge in [0, 0.05) is 51.2 Å². The highest BCUT2D eigenvalue weighted by molar-refractivity contribution is 6.13. The molecule has 13 nitrogen and oxygen atoms in total. The van der Waals surface area contributed by atoms with E-state index in [1.54, 1.807) is 6.92 Å². The van der Waals surface area contributed by atoms with Gasteiger partial charge in [0.15, 0.2) is 0 Å². The molecule has 5 N–H and O–H groups in total. The highest BCUT2D eigenvalue weighted by atomic mass is 16.5. The molecule has 0 aromatic rings. The van der Waals surface area contributed by atoms with Gasteiger partial charge in [0.2, 0.25) is 17.7 Å². The summed E-state index contributed by atoms with van der Waals surface area (Å²) < 4.78 is 4.75. The van der Waals surface area contributed by atoms with Crippen molar-refractivity contribution in [3.05, 3.63) is 12.2 Å². The number of hydrogen-bond acceptors (Lipinski definition) is 8. The van der Waals surface area contributed by atoms with Crippen LogP contribution in [0.15, 0.2) is 12.2 Å². The summed E-state index contributed by atoms with van der Waals surface area (Å²) in [7, 11) is 0. The second-order valence-electron chi connectivity index (χ2n) is 7.29. The van der Waals surface area contributed by atoms with Crippen LogP contribution in [0.3, 0.4) is 0 Å². The lowest BCUT2D eigenvalue weighted by Crippen LogP contribution is -2.48. The fraction of sp³-hybridized carbons (Fsp3) is 0.619. The second kappa shape index (κ2) is 16.2. The van der Waals surface area contributed by atoms with E-state index in [0.717, 1.165) is 17.1 Å². The van der Waals surface area contributed by atoms with E-state index in [4.69, 9.17) is 9.84 Å². The van der Waals surface area contributed by atoms with Crippen LogP contribution in [0.4, 0.5) is 4.79 Å². The van der Waals surface area contributed by atoms with Crippen molar-refractivity contribution in [1.29, 1.82) is 0 Å². The number of nitrogens with zero attached hydrogens (tertiary/aromatic N) is 1. The summed E-state index contributed by atoms with van der Waals surface area (Å²) in [6, 6.07) is -0.836. The fourth-order valence-electron chi connectivity index (χ4n) is 2.95. The van der Waals surface area contributed by atoms with Gasteiger partial charge in [-0.15, -0.1) is 0 Å². The van der Waals surface area contributed by atoms with Crippen molar-refractivity contribution in [1.82, 2.24) is 26.2 Å². The molecule has 34 heavy (non-hydrogen) atoms. The lowest BCUT2D eigenvalue weighted by Gasteiger charge is -2.19. The standard InChI is InChI=1S/C21H33N5O8/c1-2-34-21(33)24-10-4-3-5-15(25-17(29)9-14-27)20(32)23-12-11-22-16(28)8-13-26-18(30)6-7-19(26)31/h6-7,15,27H,2-5,8-14H2,1H3,(H,22,28)(H,23,32)(H,24,33)(H,25,29). The van der Waals surface area contributed by atoms with E-state index in [9.17, 15) is 28.8 Å². The Bertz CT molecular complexity index is 752. The molecule has 13 heteroatoms. The predicted molar refractivity (Wildman–Crippen MR) is 119 cm³/mol. The first-order valence-electron chi connectivity index (χ1n) is 11.2. The molecule has 0 spiro atoms. The first kappa shape index (κ1) is 28.6. The highest BCUT2D eigenvalue weighted by Gasteiger charge is 2.23. The van der Waals surface area contributed by atoms with Crippen LogP contribution in [0.5, 0.6) is 0 Å². The number of alkyl carbamates (subject to hydrolysis) is 1. The molecular weight excluding hydrogens is 450 g/mol. The largest absolute Gasteiger partial charge is 0.450 e. The Morgan fingerprint density at radius 1 is 0.941 bits per heavy atom. The Hall–Kier alpha value is -3.48. The molecule has 1 aliphatic rings. The molecule has 0 fully saturated rings. The number of carbonyl (C=O) groups excluding carboxylic acids is 6. The van der Waals surface area contributed by atoms with Gasteiger partial charge >= 0.3 is 6.09 Å². The molecule has 1 heterocycles. The highest BCUT2D eigenvalue weighted by Crippen LogP contribution is 2.04. The van der Waals surface area contributed by atoms with Gasteiger partial charge in [0.05, 0.1) is 13.2 Å². The maximum Gasteiger partial charge on any atom is 0.407 e. The summed E-state index contributed by atoms with van der Waals surface area (Å²) in [6.45, 7) is 2.15. The number of nitrogens with one attached hydrogen (secondary N) is 4. The van der Waals surface area contributed by atoms with Crippen LogP contribution >= 0.6 is 0 Å². The van der Waals surface area contributed by atoms with Crippen molar-refractivity contribution < 1.29 is 38.6 Å². The zero-order chi connectivity index (χ0) is 25.3. The van der Waals surface area contributed by atoms with E-state index >= 15 is 0 Å². The average Bonchev–Trinajstić information content (AvgIpc) is 3.11. The Morgan fingerprint density at radius 2 is 1.62 bits per heavy atom. The van der Waals surface area contributed by atoms with Gasteiger partial charge < -0.3 is 31.1 Å². The van der Waals surface area contributed by atoms with E-state index in [-0.39, 0.29) is 51.6 Å². The molecule has 1 aliphatic heterocycles. The Kier molecular flexibility index (Phi) is 13.6. The van der Waals surface area contributed by atoms with Crippen LogP contribution in [0.1, 0.15) is 39.0 Å². The quantitative estimate of drug-likeness (QED) is 0.127. The molecule has 0 radical (unpaired) electrons. The maximum absolute atomic E-state index is 12.5. The molecule has 0 aliphatic carbocycles. The summed E-state index contributed by atoms with van der Waals surface area (Å²) >= 11 is 0. The molecule has 0 saturated heterocycles. The first-order valence-corrected chi connectivity index (χ1v) is 11.2. The minimum absolute atomic E-state index is 0.0349. The van der Waals surface area contributed by atoms with E-state index < -0.39 is 35.8 Å². The first-order chi connectivity index (χ1) is 16.3. The molecule has 1 rings (SSSR count). The monoisotopic (exact) mass is 483 g/mol. The third-order valence-corrected chi connectivity index (χ3v) is 4.66. The predicted octanol–water partition coefficient (Wildman–Crippen LogP) is -1.68. The third kappa shape index (κ3) is 11.4.